The van der Waals surface area contributed by atoms with Crippen molar-refractivity contribution in [2.45, 2.75) is 18.2 Å². The van der Waals surface area contributed by atoms with Gasteiger partial charge in [0.15, 0.2) is 0 Å². The minimum absolute atomic E-state index is 0.0431. The van der Waals surface area contributed by atoms with Crippen LogP contribution in [0.15, 0.2) is 17.0 Å². The summed E-state index contributed by atoms with van der Waals surface area (Å²) in [5.41, 5.74) is 5.74. The molecule has 0 unspecified atom stereocenters. The summed E-state index contributed by atoms with van der Waals surface area (Å²) in [6, 6.07) is 2.04. The SMILES string of the molecule is Cc1c(N)cc(S(=O)(=O)NCCCS(C)(=O)=O)cc1F. The van der Waals surface area contributed by atoms with Crippen LogP contribution in [0.25, 0.3) is 0 Å². The van der Waals surface area contributed by atoms with Crippen LogP contribution in [0.3, 0.4) is 0 Å². The highest BCUT2D eigenvalue weighted by atomic mass is 32.2. The van der Waals surface area contributed by atoms with Crippen LogP contribution < -0.4 is 10.5 Å². The zero-order chi connectivity index (χ0) is 15.6. The van der Waals surface area contributed by atoms with E-state index in [-0.39, 0.29) is 34.9 Å². The van der Waals surface area contributed by atoms with Crippen LogP contribution in [0.2, 0.25) is 0 Å². The number of hydrogen-bond acceptors (Lipinski definition) is 5. The average molecular weight is 324 g/mol. The number of halogens is 1. The predicted molar refractivity (Wildman–Crippen MR) is 75.1 cm³/mol. The predicted octanol–water partition coefficient (Wildman–Crippen LogP) is 0.429. The van der Waals surface area contributed by atoms with Gasteiger partial charge in [-0.3, -0.25) is 0 Å². The number of anilines is 1. The summed E-state index contributed by atoms with van der Waals surface area (Å²) in [6.45, 7) is 1.39. The van der Waals surface area contributed by atoms with Crippen molar-refractivity contribution in [3.05, 3.63) is 23.5 Å². The summed E-state index contributed by atoms with van der Waals surface area (Å²) in [5, 5.41) is 0. The molecule has 0 aliphatic rings. The minimum Gasteiger partial charge on any atom is -0.398 e. The first kappa shape index (κ1) is 16.9. The van der Waals surface area contributed by atoms with Crippen molar-refractivity contribution in [2.75, 3.05) is 24.3 Å². The number of nitrogen functional groups attached to an aromatic ring is 1. The van der Waals surface area contributed by atoms with E-state index in [1.807, 2.05) is 0 Å². The summed E-state index contributed by atoms with van der Waals surface area (Å²) in [6.07, 6.45) is 1.21. The molecule has 9 heteroatoms. The number of benzene rings is 1. The molecule has 0 saturated heterocycles. The smallest absolute Gasteiger partial charge is 0.240 e. The molecule has 0 aliphatic carbocycles. The van der Waals surface area contributed by atoms with Crippen LogP contribution in [0.4, 0.5) is 10.1 Å². The Balaban J connectivity index is 2.80. The molecule has 1 aromatic rings. The molecule has 0 aromatic heterocycles. The lowest BCUT2D eigenvalue weighted by molar-refractivity contribution is 0.573. The molecule has 0 spiro atoms. The van der Waals surface area contributed by atoms with E-state index in [0.717, 1.165) is 18.4 Å². The van der Waals surface area contributed by atoms with Crippen molar-refractivity contribution in [1.29, 1.82) is 0 Å². The second kappa shape index (κ2) is 6.06. The van der Waals surface area contributed by atoms with Gasteiger partial charge in [-0.25, -0.2) is 25.9 Å². The van der Waals surface area contributed by atoms with E-state index in [1.165, 1.54) is 6.92 Å². The first-order valence-corrected chi connectivity index (χ1v) is 9.30. The normalized spacial score (nSPS) is 12.6. The summed E-state index contributed by atoms with van der Waals surface area (Å²) in [4.78, 5) is -0.280. The first-order valence-electron chi connectivity index (χ1n) is 5.76. The maximum Gasteiger partial charge on any atom is 0.240 e. The van der Waals surface area contributed by atoms with Crippen molar-refractivity contribution in [2.24, 2.45) is 0 Å². The van der Waals surface area contributed by atoms with E-state index in [0.29, 0.717) is 0 Å². The molecule has 1 rings (SSSR count). The lowest BCUT2D eigenvalue weighted by Gasteiger charge is -2.09. The first-order chi connectivity index (χ1) is 9.03. The second-order valence-corrected chi connectivity index (χ2v) is 8.53. The third kappa shape index (κ3) is 4.73. The van der Waals surface area contributed by atoms with E-state index in [1.54, 1.807) is 0 Å². The molecule has 0 atom stereocenters. The van der Waals surface area contributed by atoms with Crippen LogP contribution in [0.5, 0.6) is 0 Å². The topological polar surface area (TPSA) is 106 Å². The molecule has 0 bridgehead atoms. The van der Waals surface area contributed by atoms with Gasteiger partial charge in [-0.2, -0.15) is 0 Å². The molecule has 0 fully saturated rings. The van der Waals surface area contributed by atoms with Gasteiger partial charge in [0.2, 0.25) is 10.0 Å². The van der Waals surface area contributed by atoms with Gasteiger partial charge in [-0.05, 0) is 25.5 Å². The summed E-state index contributed by atoms with van der Waals surface area (Å²) >= 11 is 0. The van der Waals surface area contributed by atoms with Crippen molar-refractivity contribution in [3.63, 3.8) is 0 Å². The standard InChI is InChI=1S/C11H17FN2O4S2/c1-8-10(12)6-9(7-11(8)13)20(17,18)14-4-3-5-19(2,15)16/h6-7,14H,3-5,13H2,1-2H3. The number of rotatable bonds is 6. The molecule has 114 valence electrons. The Labute approximate surface area is 118 Å². The third-order valence-electron chi connectivity index (χ3n) is 2.65. The van der Waals surface area contributed by atoms with Gasteiger partial charge in [0.25, 0.3) is 0 Å². The second-order valence-electron chi connectivity index (χ2n) is 4.50. The zero-order valence-electron chi connectivity index (χ0n) is 11.2. The summed E-state index contributed by atoms with van der Waals surface area (Å²) < 4.78 is 61.3. The number of nitrogens with one attached hydrogen (secondary N) is 1. The van der Waals surface area contributed by atoms with Crippen LogP contribution in [0.1, 0.15) is 12.0 Å². The maximum atomic E-state index is 13.5. The fourth-order valence-electron chi connectivity index (χ4n) is 1.45. The Bertz CT molecular complexity index is 676. The van der Waals surface area contributed by atoms with E-state index in [2.05, 4.69) is 4.72 Å². The van der Waals surface area contributed by atoms with E-state index >= 15 is 0 Å². The van der Waals surface area contributed by atoms with E-state index in [4.69, 9.17) is 5.73 Å². The number of hydrogen-bond donors (Lipinski definition) is 2. The van der Waals surface area contributed by atoms with Crippen LogP contribution >= 0.6 is 0 Å². The Kier molecular flexibility index (Phi) is 5.11. The molecule has 3 N–H and O–H groups in total. The molecule has 0 radical (unpaired) electrons. The van der Waals surface area contributed by atoms with Gasteiger partial charge < -0.3 is 5.73 Å². The molecule has 0 saturated carbocycles. The highest BCUT2D eigenvalue weighted by Gasteiger charge is 2.17. The Hall–Kier alpha value is -1.19. The van der Waals surface area contributed by atoms with Gasteiger partial charge >= 0.3 is 0 Å². The fourth-order valence-corrected chi connectivity index (χ4v) is 3.24. The van der Waals surface area contributed by atoms with Crippen molar-refractivity contribution in [3.8, 4) is 0 Å². The Morgan fingerprint density at radius 3 is 2.35 bits per heavy atom. The van der Waals surface area contributed by atoms with E-state index in [9.17, 15) is 21.2 Å². The molecule has 0 aliphatic heterocycles. The Morgan fingerprint density at radius 2 is 1.85 bits per heavy atom. The molecule has 0 heterocycles. The number of sulfone groups is 1. The molecule has 1 aromatic carbocycles. The Morgan fingerprint density at radius 1 is 1.25 bits per heavy atom. The lowest BCUT2D eigenvalue weighted by atomic mass is 10.2. The quantitative estimate of drug-likeness (QED) is 0.583. The number of sulfonamides is 1. The highest BCUT2D eigenvalue weighted by Crippen LogP contribution is 2.20. The molecular formula is C11H17FN2O4S2. The average Bonchev–Trinajstić information content (AvgIpc) is 2.30. The van der Waals surface area contributed by atoms with Gasteiger partial charge in [-0.15, -0.1) is 0 Å². The van der Waals surface area contributed by atoms with Crippen molar-refractivity contribution in [1.82, 2.24) is 4.72 Å². The maximum absolute atomic E-state index is 13.5. The lowest BCUT2D eigenvalue weighted by Crippen LogP contribution is -2.26. The highest BCUT2D eigenvalue weighted by molar-refractivity contribution is 7.90. The van der Waals surface area contributed by atoms with Crippen molar-refractivity contribution >= 4 is 25.5 Å². The fraction of sp³-hybridized carbons (Fsp3) is 0.455. The largest absolute Gasteiger partial charge is 0.398 e. The number of nitrogens with two attached hydrogens (primary N) is 1. The molecule has 20 heavy (non-hydrogen) atoms. The van der Waals surface area contributed by atoms with Gasteiger partial charge in [-0.1, -0.05) is 0 Å². The third-order valence-corrected chi connectivity index (χ3v) is 5.12. The van der Waals surface area contributed by atoms with Gasteiger partial charge in [0, 0.05) is 24.1 Å². The summed E-state index contributed by atoms with van der Waals surface area (Å²) in [5.74, 6) is -0.832. The monoisotopic (exact) mass is 324 g/mol. The van der Waals surface area contributed by atoms with Gasteiger partial charge in [0.05, 0.1) is 10.6 Å². The van der Waals surface area contributed by atoms with Crippen LogP contribution in [-0.2, 0) is 19.9 Å². The van der Waals surface area contributed by atoms with Crippen LogP contribution in [0, 0.1) is 12.7 Å². The minimum atomic E-state index is -3.90. The van der Waals surface area contributed by atoms with Crippen molar-refractivity contribution < 1.29 is 21.2 Å². The van der Waals surface area contributed by atoms with Gasteiger partial charge in [0.1, 0.15) is 15.7 Å². The molecular weight excluding hydrogens is 307 g/mol. The van der Waals surface area contributed by atoms with Crippen LogP contribution in [-0.4, -0.2) is 35.4 Å². The zero-order valence-corrected chi connectivity index (χ0v) is 12.8. The van der Waals surface area contributed by atoms with E-state index < -0.39 is 25.7 Å². The molecule has 6 nitrogen and oxygen atoms in total. The summed E-state index contributed by atoms with van der Waals surface area (Å²) in [7, 11) is -7.04. The molecule has 0 amide bonds.